The summed E-state index contributed by atoms with van der Waals surface area (Å²) in [7, 11) is -4.29. The second kappa shape index (κ2) is 6.51. The van der Waals surface area contributed by atoms with Crippen LogP contribution in [0, 0.1) is 5.82 Å². The lowest BCUT2D eigenvalue weighted by atomic mass is 10.1. The number of amides is 1. The molecule has 0 saturated carbocycles. The first-order chi connectivity index (χ1) is 9.22. The molecule has 20 heavy (non-hydrogen) atoms. The highest BCUT2D eigenvalue weighted by molar-refractivity contribution is 7.89. The Kier molecular flexibility index (Phi) is 5.50. The van der Waals surface area contributed by atoms with Gasteiger partial charge in [-0.1, -0.05) is 18.5 Å². The minimum atomic E-state index is -4.29. The fraction of sp³-hybridized carbons (Fsp3) is 0.417. The van der Waals surface area contributed by atoms with Crippen LogP contribution in [0.25, 0.3) is 0 Å². The van der Waals surface area contributed by atoms with Crippen molar-refractivity contribution >= 4 is 27.5 Å². The molecule has 0 aromatic heterocycles. The van der Waals surface area contributed by atoms with Gasteiger partial charge in [-0.3, -0.25) is 4.79 Å². The Bertz CT molecular complexity index is 619. The molecule has 1 aromatic rings. The van der Waals surface area contributed by atoms with Gasteiger partial charge in [0, 0.05) is 18.1 Å². The fourth-order valence-corrected chi connectivity index (χ4v) is 2.70. The fourth-order valence-electron chi connectivity index (χ4n) is 1.77. The van der Waals surface area contributed by atoms with Crippen LogP contribution in [0.4, 0.5) is 4.39 Å². The maximum atomic E-state index is 14.2. The van der Waals surface area contributed by atoms with Crippen molar-refractivity contribution in [3.63, 3.8) is 0 Å². The van der Waals surface area contributed by atoms with Crippen molar-refractivity contribution in [3.8, 4) is 0 Å². The van der Waals surface area contributed by atoms with Crippen LogP contribution in [0.3, 0.4) is 0 Å². The van der Waals surface area contributed by atoms with E-state index in [0.717, 1.165) is 12.1 Å². The summed E-state index contributed by atoms with van der Waals surface area (Å²) < 4.78 is 36.8. The average Bonchev–Trinajstić information content (AvgIpc) is 2.36. The SMILES string of the molecule is CCCN(CC)C(=O)c1cc(Cl)cc(S(N)(=O)=O)c1F. The first-order valence-electron chi connectivity index (χ1n) is 6.03. The maximum absolute atomic E-state index is 14.2. The van der Waals surface area contributed by atoms with E-state index in [1.807, 2.05) is 6.92 Å². The standard InChI is InChI=1S/C12H16ClFN2O3S/c1-3-5-16(4-2)12(17)9-6-8(13)7-10(11(9)14)20(15,18)19/h6-7H,3-5H2,1-2H3,(H2,15,18,19). The molecule has 1 amide bonds. The summed E-state index contributed by atoms with van der Waals surface area (Å²) in [6.07, 6.45) is 0.698. The van der Waals surface area contributed by atoms with E-state index in [1.165, 1.54) is 4.90 Å². The Morgan fingerprint density at radius 3 is 2.45 bits per heavy atom. The van der Waals surface area contributed by atoms with Gasteiger partial charge in [0.2, 0.25) is 10.0 Å². The number of carbonyl (C=O) groups excluding carboxylic acids is 1. The molecular formula is C12H16ClFN2O3S. The van der Waals surface area contributed by atoms with E-state index >= 15 is 0 Å². The molecule has 1 aromatic carbocycles. The molecule has 2 N–H and O–H groups in total. The molecule has 0 heterocycles. The van der Waals surface area contributed by atoms with Gasteiger partial charge >= 0.3 is 0 Å². The molecule has 0 bridgehead atoms. The van der Waals surface area contributed by atoms with E-state index in [9.17, 15) is 17.6 Å². The van der Waals surface area contributed by atoms with Crippen LogP contribution in [0.2, 0.25) is 5.02 Å². The molecule has 0 radical (unpaired) electrons. The van der Waals surface area contributed by atoms with Crippen LogP contribution in [0.1, 0.15) is 30.6 Å². The van der Waals surface area contributed by atoms with Gasteiger partial charge in [0.25, 0.3) is 5.91 Å². The largest absolute Gasteiger partial charge is 0.339 e. The van der Waals surface area contributed by atoms with E-state index in [0.29, 0.717) is 19.5 Å². The number of sulfonamides is 1. The molecule has 0 spiro atoms. The molecule has 0 aliphatic carbocycles. The summed E-state index contributed by atoms with van der Waals surface area (Å²) in [5, 5.41) is 4.85. The smallest absolute Gasteiger partial charge is 0.256 e. The minimum absolute atomic E-state index is 0.0636. The van der Waals surface area contributed by atoms with E-state index in [4.69, 9.17) is 16.7 Å². The maximum Gasteiger partial charge on any atom is 0.256 e. The van der Waals surface area contributed by atoms with Crippen LogP contribution in [0.15, 0.2) is 17.0 Å². The lowest BCUT2D eigenvalue weighted by molar-refractivity contribution is 0.0759. The van der Waals surface area contributed by atoms with Crippen molar-refractivity contribution in [2.24, 2.45) is 5.14 Å². The Balaban J connectivity index is 3.39. The molecular weight excluding hydrogens is 307 g/mol. The van der Waals surface area contributed by atoms with Gasteiger partial charge in [0.15, 0.2) is 5.82 Å². The molecule has 0 fully saturated rings. The minimum Gasteiger partial charge on any atom is -0.339 e. The summed E-state index contributed by atoms with van der Waals surface area (Å²) >= 11 is 5.74. The first kappa shape index (κ1) is 16.9. The molecule has 5 nitrogen and oxygen atoms in total. The van der Waals surface area contributed by atoms with Gasteiger partial charge in [-0.2, -0.15) is 0 Å². The van der Waals surface area contributed by atoms with E-state index < -0.39 is 32.2 Å². The molecule has 0 aliphatic rings. The molecule has 0 saturated heterocycles. The van der Waals surface area contributed by atoms with Crippen molar-refractivity contribution in [1.29, 1.82) is 0 Å². The second-order valence-corrected chi connectivity index (χ2v) is 6.16. The average molecular weight is 323 g/mol. The monoisotopic (exact) mass is 322 g/mol. The summed E-state index contributed by atoms with van der Waals surface area (Å²) in [4.78, 5) is 12.8. The number of rotatable bonds is 5. The number of carbonyl (C=O) groups is 1. The van der Waals surface area contributed by atoms with Gasteiger partial charge in [-0.05, 0) is 25.5 Å². The number of halogens is 2. The molecule has 8 heteroatoms. The predicted molar refractivity (Wildman–Crippen MR) is 74.7 cm³/mol. The highest BCUT2D eigenvalue weighted by Gasteiger charge is 2.25. The normalized spacial score (nSPS) is 11.4. The van der Waals surface area contributed by atoms with E-state index in [2.05, 4.69) is 0 Å². The van der Waals surface area contributed by atoms with Gasteiger partial charge in [-0.15, -0.1) is 0 Å². The van der Waals surface area contributed by atoms with Crippen LogP contribution >= 0.6 is 11.6 Å². The first-order valence-corrected chi connectivity index (χ1v) is 7.95. The van der Waals surface area contributed by atoms with Gasteiger partial charge in [0.1, 0.15) is 4.90 Å². The highest BCUT2D eigenvalue weighted by Crippen LogP contribution is 2.24. The third kappa shape index (κ3) is 3.68. The third-order valence-electron chi connectivity index (χ3n) is 2.70. The van der Waals surface area contributed by atoms with Crippen LogP contribution in [-0.4, -0.2) is 32.3 Å². The van der Waals surface area contributed by atoms with Crippen molar-refractivity contribution in [3.05, 3.63) is 28.5 Å². The third-order valence-corrected chi connectivity index (χ3v) is 3.83. The predicted octanol–water partition coefficient (Wildman–Crippen LogP) is 2.00. The molecule has 1 rings (SSSR count). The second-order valence-electron chi connectivity index (χ2n) is 4.20. The van der Waals surface area contributed by atoms with Crippen LogP contribution in [-0.2, 0) is 10.0 Å². The number of primary sulfonamides is 1. The quantitative estimate of drug-likeness (QED) is 0.900. The number of nitrogens with two attached hydrogens (primary N) is 1. The topological polar surface area (TPSA) is 80.5 Å². The molecule has 112 valence electrons. The Hall–Kier alpha value is -1.18. The molecule has 0 aliphatic heterocycles. The number of hydrogen-bond acceptors (Lipinski definition) is 3. The summed E-state index contributed by atoms with van der Waals surface area (Å²) in [5.74, 6) is -1.78. The number of hydrogen-bond donors (Lipinski definition) is 1. The molecule has 0 unspecified atom stereocenters. The Labute approximate surface area is 122 Å². The summed E-state index contributed by atoms with van der Waals surface area (Å²) in [6, 6.07) is 1.99. The zero-order valence-corrected chi connectivity index (χ0v) is 12.8. The van der Waals surface area contributed by atoms with Crippen molar-refractivity contribution in [2.75, 3.05) is 13.1 Å². The number of benzene rings is 1. The lowest BCUT2D eigenvalue weighted by Gasteiger charge is -2.21. The van der Waals surface area contributed by atoms with Crippen molar-refractivity contribution < 1.29 is 17.6 Å². The summed E-state index contributed by atoms with van der Waals surface area (Å²) in [5.41, 5.74) is -0.392. The Morgan fingerprint density at radius 1 is 1.40 bits per heavy atom. The van der Waals surface area contributed by atoms with Crippen molar-refractivity contribution in [1.82, 2.24) is 4.90 Å². The zero-order valence-electron chi connectivity index (χ0n) is 11.2. The highest BCUT2D eigenvalue weighted by atomic mass is 35.5. The van der Waals surface area contributed by atoms with Crippen molar-refractivity contribution in [2.45, 2.75) is 25.2 Å². The van der Waals surface area contributed by atoms with E-state index in [-0.39, 0.29) is 5.02 Å². The lowest BCUT2D eigenvalue weighted by Crippen LogP contribution is -2.32. The van der Waals surface area contributed by atoms with Gasteiger partial charge < -0.3 is 4.90 Å². The van der Waals surface area contributed by atoms with Gasteiger partial charge in [-0.25, -0.2) is 17.9 Å². The zero-order chi connectivity index (χ0) is 15.5. The number of nitrogens with zero attached hydrogens (tertiary/aromatic N) is 1. The van der Waals surface area contributed by atoms with Gasteiger partial charge in [0.05, 0.1) is 5.56 Å². The summed E-state index contributed by atoms with van der Waals surface area (Å²) in [6.45, 7) is 4.44. The van der Waals surface area contributed by atoms with Crippen LogP contribution < -0.4 is 5.14 Å². The van der Waals surface area contributed by atoms with Crippen LogP contribution in [0.5, 0.6) is 0 Å². The Morgan fingerprint density at radius 2 is 2.00 bits per heavy atom. The van der Waals surface area contributed by atoms with E-state index in [1.54, 1.807) is 6.92 Å². The molecule has 0 atom stereocenters.